The Labute approximate surface area is 186 Å². The number of carbonyl (C=O) groups excluding carboxylic acids is 1. The number of hydrogen-bond donors (Lipinski definition) is 2. The average Bonchev–Trinajstić information content (AvgIpc) is 3.02. The first kappa shape index (κ1) is 24.1. The first-order valence-corrected chi connectivity index (χ1v) is 10.1. The van der Waals surface area contributed by atoms with E-state index in [1.165, 1.54) is 6.07 Å². The van der Waals surface area contributed by atoms with Crippen molar-refractivity contribution in [3.05, 3.63) is 34.1 Å². The number of nitrogens with one attached hydrogen (secondary N) is 2. The summed E-state index contributed by atoms with van der Waals surface area (Å²) >= 11 is 3.27. The summed E-state index contributed by atoms with van der Waals surface area (Å²) in [6.07, 6.45) is 4.04. The van der Waals surface area contributed by atoms with Crippen LogP contribution in [-0.4, -0.2) is 49.5 Å². The van der Waals surface area contributed by atoms with E-state index in [0.717, 1.165) is 61.4 Å². The number of benzene rings is 1. The van der Waals surface area contributed by atoms with Crippen molar-refractivity contribution >= 4 is 51.8 Å². The minimum absolute atomic E-state index is 0. The van der Waals surface area contributed by atoms with Crippen LogP contribution in [0.3, 0.4) is 0 Å². The van der Waals surface area contributed by atoms with Gasteiger partial charge in [-0.1, -0.05) is 22.0 Å². The Balaban J connectivity index is 0.00000364. The van der Waals surface area contributed by atoms with Gasteiger partial charge in [-0.2, -0.15) is 0 Å². The maximum absolute atomic E-state index is 13.8. The van der Waals surface area contributed by atoms with E-state index in [4.69, 9.17) is 0 Å². The van der Waals surface area contributed by atoms with Crippen molar-refractivity contribution in [2.45, 2.75) is 39.0 Å². The lowest BCUT2D eigenvalue weighted by atomic mass is 10.1. The number of nitrogens with zero attached hydrogens (tertiary/aromatic N) is 2. The number of aryl methyl sites for hydroxylation is 1. The summed E-state index contributed by atoms with van der Waals surface area (Å²) in [4.78, 5) is 18.0. The molecule has 152 valence electrons. The molecule has 0 atom stereocenters. The van der Waals surface area contributed by atoms with Crippen molar-refractivity contribution in [3.63, 3.8) is 0 Å². The fourth-order valence-electron chi connectivity index (χ4n) is 2.94. The van der Waals surface area contributed by atoms with Crippen molar-refractivity contribution in [1.82, 2.24) is 15.5 Å². The molecule has 1 aliphatic rings. The molecule has 0 aliphatic carbocycles. The van der Waals surface area contributed by atoms with Gasteiger partial charge in [-0.25, -0.2) is 4.39 Å². The number of rotatable bonds is 9. The number of hydrogen-bond acceptors (Lipinski definition) is 2. The largest absolute Gasteiger partial charge is 0.357 e. The summed E-state index contributed by atoms with van der Waals surface area (Å²) < 4.78 is 14.6. The van der Waals surface area contributed by atoms with Crippen LogP contribution in [0.5, 0.6) is 0 Å². The van der Waals surface area contributed by atoms with Gasteiger partial charge in [0.15, 0.2) is 5.96 Å². The third-order valence-corrected chi connectivity index (χ3v) is 4.80. The summed E-state index contributed by atoms with van der Waals surface area (Å²) in [6, 6.07) is 5.18. The van der Waals surface area contributed by atoms with Crippen molar-refractivity contribution in [1.29, 1.82) is 0 Å². The van der Waals surface area contributed by atoms with E-state index >= 15 is 0 Å². The third kappa shape index (κ3) is 8.76. The molecule has 1 saturated heterocycles. The molecule has 1 aromatic rings. The minimum atomic E-state index is -0.170. The van der Waals surface area contributed by atoms with Gasteiger partial charge in [0.25, 0.3) is 0 Å². The zero-order chi connectivity index (χ0) is 18.8. The maximum Gasteiger partial charge on any atom is 0.222 e. The number of carbonyl (C=O) groups is 1. The molecule has 1 fully saturated rings. The normalized spacial score (nSPS) is 14.3. The van der Waals surface area contributed by atoms with Crippen LogP contribution in [0, 0.1) is 5.82 Å². The minimum Gasteiger partial charge on any atom is -0.357 e. The SMILES string of the molecule is CCNC(=NCCCN1CCCC1=O)NCCCc1ccc(Br)cc1F.I. The summed E-state index contributed by atoms with van der Waals surface area (Å²) in [5.41, 5.74) is 0.729. The molecule has 2 rings (SSSR count). The van der Waals surface area contributed by atoms with Crippen LogP contribution in [0.4, 0.5) is 4.39 Å². The number of aliphatic imine (C=N–C) groups is 1. The molecule has 0 saturated carbocycles. The van der Waals surface area contributed by atoms with Gasteiger partial charge in [-0.3, -0.25) is 9.79 Å². The monoisotopic (exact) mass is 554 g/mol. The average molecular weight is 555 g/mol. The fourth-order valence-corrected chi connectivity index (χ4v) is 3.28. The van der Waals surface area contributed by atoms with Gasteiger partial charge in [0, 0.05) is 43.6 Å². The molecule has 5 nitrogen and oxygen atoms in total. The van der Waals surface area contributed by atoms with Gasteiger partial charge in [0.1, 0.15) is 5.82 Å². The lowest BCUT2D eigenvalue weighted by Crippen LogP contribution is -2.38. The smallest absolute Gasteiger partial charge is 0.222 e. The summed E-state index contributed by atoms with van der Waals surface area (Å²) in [6.45, 7) is 5.89. The standard InChI is InChI=1S/C19H28BrFN4O.HI/c1-2-22-19(24-11-5-13-25-12-4-7-18(25)26)23-10-3-6-15-8-9-16(20)14-17(15)21;/h8-9,14H,2-7,10-13H2,1H3,(H2,22,23,24);1H. The topological polar surface area (TPSA) is 56.7 Å². The van der Waals surface area contributed by atoms with Gasteiger partial charge in [0.2, 0.25) is 5.91 Å². The van der Waals surface area contributed by atoms with Crippen molar-refractivity contribution in [3.8, 4) is 0 Å². The van der Waals surface area contributed by atoms with E-state index in [1.807, 2.05) is 24.0 Å². The molecule has 2 N–H and O–H groups in total. The highest BCUT2D eigenvalue weighted by Gasteiger charge is 2.18. The Kier molecular flexibility index (Phi) is 11.9. The van der Waals surface area contributed by atoms with Gasteiger partial charge in [0.05, 0.1) is 0 Å². The molecule has 1 aromatic carbocycles. The zero-order valence-electron chi connectivity index (χ0n) is 15.8. The summed E-state index contributed by atoms with van der Waals surface area (Å²) in [7, 11) is 0. The van der Waals surface area contributed by atoms with Crippen LogP contribution >= 0.6 is 39.9 Å². The highest BCUT2D eigenvalue weighted by atomic mass is 127. The predicted octanol–water partition coefficient (Wildman–Crippen LogP) is 3.71. The molecule has 0 radical (unpaired) electrons. The predicted molar refractivity (Wildman–Crippen MR) is 122 cm³/mol. The molecular weight excluding hydrogens is 526 g/mol. The Morgan fingerprint density at radius 2 is 2.15 bits per heavy atom. The highest BCUT2D eigenvalue weighted by molar-refractivity contribution is 14.0. The number of halogens is 3. The second kappa shape index (κ2) is 13.3. The van der Waals surface area contributed by atoms with Crippen LogP contribution in [0.2, 0.25) is 0 Å². The van der Waals surface area contributed by atoms with Crippen LogP contribution in [0.25, 0.3) is 0 Å². The Hall–Kier alpha value is -0.900. The van der Waals surface area contributed by atoms with Gasteiger partial charge < -0.3 is 15.5 Å². The Morgan fingerprint density at radius 3 is 2.81 bits per heavy atom. The van der Waals surface area contributed by atoms with E-state index < -0.39 is 0 Å². The lowest BCUT2D eigenvalue weighted by molar-refractivity contribution is -0.127. The Bertz CT molecular complexity index is 630. The van der Waals surface area contributed by atoms with Crippen molar-refractivity contribution in [2.75, 3.05) is 32.7 Å². The molecule has 1 heterocycles. The molecule has 0 unspecified atom stereocenters. The van der Waals surface area contributed by atoms with Gasteiger partial charge >= 0.3 is 0 Å². The first-order valence-electron chi connectivity index (χ1n) is 9.34. The highest BCUT2D eigenvalue weighted by Crippen LogP contribution is 2.16. The Morgan fingerprint density at radius 1 is 1.33 bits per heavy atom. The molecule has 0 bridgehead atoms. The summed E-state index contributed by atoms with van der Waals surface area (Å²) in [5, 5.41) is 6.50. The van der Waals surface area contributed by atoms with E-state index in [2.05, 4.69) is 31.6 Å². The second-order valence-electron chi connectivity index (χ2n) is 6.36. The number of amides is 1. The van der Waals surface area contributed by atoms with E-state index in [0.29, 0.717) is 19.4 Å². The number of likely N-dealkylation sites (tertiary alicyclic amines) is 1. The van der Waals surface area contributed by atoms with E-state index in [-0.39, 0.29) is 35.7 Å². The first-order chi connectivity index (χ1) is 12.6. The van der Waals surface area contributed by atoms with Crippen LogP contribution in [0.15, 0.2) is 27.7 Å². The van der Waals surface area contributed by atoms with Gasteiger partial charge in [-0.15, -0.1) is 24.0 Å². The molecule has 0 spiro atoms. The zero-order valence-corrected chi connectivity index (χ0v) is 19.7. The maximum atomic E-state index is 13.8. The molecular formula is C19H29BrFIN4O. The molecule has 0 aromatic heterocycles. The van der Waals surface area contributed by atoms with Crippen molar-refractivity contribution in [2.24, 2.45) is 4.99 Å². The quantitative estimate of drug-likeness (QED) is 0.212. The van der Waals surface area contributed by atoms with Crippen molar-refractivity contribution < 1.29 is 9.18 Å². The van der Waals surface area contributed by atoms with Crippen LogP contribution in [0.1, 0.15) is 38.2 Å². The third-order valence-electron chi connectivity index (χ3n) is 4.30. The molecule has 27 heavy (non-hydrogen) atoms. The molecule has 8 heteroatoms. The molecule has 1 amide bonds. The summed E-state index contributed by atoms with van der Waals surface area (Å²) in [5.74, 6) is 0.868. The van der Waals surface area contributed by atoms with Gasteiger partial charge in [-0.05, 0) is 50.3 Å². The number of guanidine groups is 1. The molecule has 1 aliphatic heterocycles. The van der Waals surface area contributed by atoms with Crippen LogP contribution < -0.4 is 10.6 Å². The second-order valence-corrected chi connectivity index (χ2v) is 7.28. The fraction of sp³-hybridized carbons (Fsp3) is 0.579. The van der Waals surface area contributed by atoms with E-state index in [9.17, 15) is 9.18 Å². The van der Waals surface area contributed by atoms with E-state index in [1.54, 1.807) is 0 Å². The lowest BCUT2D eigenvalue weighted by Gasteiger charge is -2.15. The van der Waals surface area contributed by atoms with Crippen LogP contribution in [-0.2, 0) is 11.2 Å².